The molecule has 0 aliphatic carbocycles. The van der Waals surface area contributed by atoms with Gasteiger partial charge in [0.05, 0.1) is 7.11 Å². The summed E-state index contributed by atoms with van der Waals surface area (Å²) < 4.78 is 5.74. The Morgan fingerprint density at radius 3 is 2.34 bits per heavy atom. The summed E-state index contributed by atoms with van der Waals surface area (Å²) in [6.45, 7) is 7.20. The van der Waals surface area contributed by atoms with E-state index >= 15 is 0 Å². The van der Waals surface area contributed by atoms with E-state index in [-0.39, 0.29) is 17.9 Å². The Morgan fingerprint density at radius 2 is 1.57 bits per heavy atom. The molecule has 0 unspecified atom stereocenters. The molecule has 2 bridgehead atoms. The Kier molecular flexibility index (Phi) is 9.63. The third kappa shape index (κ3) is 6.84. The van der Waals surface area contributed by atoms with Crippen molar-refractivity contribution in [3.63, 3.8) is 0 Å². The van der Waals surface area contributed by atoms with Crippen LogP contribution in [0.15, 0.2) is 72.8 Å². The van der Waals surface area contributed by atoms with Gasteiger partial charge in [-0.05, 0) is 80.6 Å². The highest BCUT2D eigenvalue weighted by Gasteiger charge is 2.37. The van der Waals surface area contributed by atoms with Crippen LogP contribution in [0.5, 0.6) is 5.75 Å². The molecule has 2 saturated heterocycles. The average Bonchev–Trinajstić information content (AvgIpc) is 3.40. The number of nitrogens with zero attached hydrogens (tertiary/aromatic N) is 4. The van der Waals surface area contributed by atoms with E-state index in [1.54, 1.807) is 14.0 Å². The maximum atomic E-state index is 14.5. The van der Waals surface area contributed by atoms with Gasteiger partial charge < -0.3 is 14.5 Å². The van der Waals surface area contributed by atoms with E-state index in [1.807, 2.05) is 46.2 Å². The number of para-hydroxylation sites is 1. The van der Waals surface area contributed by atoms with Crippen LogP contribution >= 0.6 is 0 Å². The van der Waals surface area contributed by atoms with Crippen molar-refractivity contribution in [2.75, 3.05) is 38.2 Å². The number of hydrogen-bond acceptors (Lipinski definition) is 5. The van der Waals surface area contributed by atoms with Gasteiger partial charge in [0, 0.05) is 68.5 Å². The molecule has 232 valence electrons. The molecule has 2 atom stereocenters. The summed E-state index contributed by atoms with van der Waals surface area (Å²) in [5.74, 6) is 0.898. The smallest absolute Gasteiger partial charge is 0.254 e. The number of carbonyl (C=O) groups is 2. The summed E-state index contributed by atoms with van der Waals surface area (Å²) in [5.41, 5.74) is 4.95. The third-order valence-electron chi connectivity index (χ3n) is 9.78. The van der Waals surface area contributed by atoms with Gasteiger partial charge in [-0.15, -0.1) is 0 Å². The summed E-state index contributed by atoms with van der Waals surface area (Å²) in [6, 6.07) is 25.2. The molecule has 0 spiro atoms. The van der Waals surface area contributed by atoms with Crippen molar-refractivity contribution >= 4 is 17.5 Å². The topological polar surface area (TPSA) is 56.3 Å². The van der Waals surface area contributed by atoms with E-state index in [9.17, 15) is 9.59 Å². The van der Waals surface area contributed by atoms with E-state index < -0.39 is 0 Å². The van der Waals surface area contributed by atoms with Gasteiger partial charge in [0.2, 0.25) is 5.91 Å². The number of rotatable bonds is 6. The first kappa shape index (κ1) is 30.4. The summed E-state index contributed by atoms with van der Waals surface area (Å²) in [5, 5.41) is 0. The zero-order valence-electron chi connectivity index (χ0n) is 26.3. The number of methoxy groups -OCH3 is 1. The quantitative estimate of drug-likeness (QED) is 0.345. The summed E-state index contributed by atoms with van der Waals surface area (Å²) in [7, 11) is 1.71. The van der Waals surface area contributed by atoms with Crippen LogP contribution in [0.25, 0.3) is 0 Å². The van der Waals surface area contributed by atoms with Crippen molar-refractivity contribution in [1.29, 1.82) is 0 Å². The predicted molar refractivity (Wildman–Crippen MR) is 175 cm³/mol. The molecular weight excluding hydrogens is 548 g/mol. The first-order chi connectivity index (χ1) is 21.5. The highest BCUT2D eigenvalue weighted by molar-refractivity contribution is 5.95. The molecule has 2 fully saturated rings. The molecule has 0 saturated carbocycles. The maximum absolute atomic E-state index is 14.5. The number of benzene rings is 3. The number of likely N-dealkylation sites (tertiary alicyclic amines) is 1. The number of ether oxygens (including phenoxy) is 1. The maximum Gasteiger partial charge on any atom is 0.254 e. The van der Waals surface area contributed by atoms with E-state index in [4.69, 9.17) is 4.74 Å². The van der Waals surface area contributed by atoms with Gasteiger partial charge in [0.1, 0.15) is 5.75 Å². The van der Waals surface area contributed by atoms with Gasteiger partial charge in [-0.1, -0.05) is 55.0 Å². The largest absolute Gasteiger partial charge is 0.496 e. The Balaban J connectivity index is 1.35. The molecule has 44 heavy (non-hydrogen) atoms. The predicted octanol–water partition coefficient (Wildman–Crippen LogP) is 6.11. The highest BCUT2D eigenvalue weighted by atomic mass is 16.5. The monoisotopic (exact) mass is 594 g/mol. The molecule has 0 N–H and O–H groups in total. The van der Waals surface area contributed by atoms with Crippen molar-refractivity contribution < 1.29 is 14.3 Å². The van der Waals surface area contributed by atoms with Crippen LogP contribution in [-0.4, -0.2) is 71.9 Å². The van der Waals surface area contributed by atoms with Crippen molar-refractivity contribution in [3.8, 4) is 5.75 Å². The lowest BCUT2D eigenvalue weighted by atomic mass is 10.0. The number of hydrogen-bond donors (Lipinski definition) is 0. The van der Waals surface area contributed by atoms with Gasteiger partial charge in [0.25, 0.3) is 5.91 Å². The highest BCUT2D eigenvalue weighted by Crippen LogP contribution is 2.33. The molecule has 7 nitrogen and oxygen atoms in total. The van der Waals surface area contributed by atoms with Crippen LogP contribution in [0.2, 0.25) is 0 Å². The van der Waals surface area contributed by atoms with Crippen molar-refractivity contribution in [3.05, 3.63) is 95.1 Å². The standard InChI is InChI=1S/C37H46N4O3/c1-28(42)40-22-19-33-16-17-34(41(33)24-29-11-5-3-6-12-29)27-39(26-31-13-7-8-14-35(31)40)37(43)30-15-18-36(44-2)32(23-30)25-38-20-9-4-10-21-38/h3,5-8,11-15,18,23,33-34H,4,9-10,16-17,19-22,24-27H2,1-2H3/t33-,34+/m0/s1. The Hall–Kier alpha value is -3.68. The van der Waals surface area contributed by atoms with Crippen molar-refractivity contribution in [1.82, 2.24) is 14.7 Å². The number of piperidine rings is 1. The number of carbonyl (C=O) groups excluding carboxylic acids is 2. The molecule has 3 aromatic carbocycles. The van der Waals surface area contributed by atoms with Crippen LogP contribution < -0.4 is 9.64 Å². The molecular formula is C37H46N4O3. The average molecular weight is 595 g/mol. The zero-order valence-corrected chi connectivity index (χ0v) is 26.3. The van der Waals surface area contributed by atoms with Gasteiger partial charge >= 0.3 is 0 Å². The van der Waals surface area contributed by atoms with Crippen molar-refractivity contribution in [2.45, 2.75) is 77.2 Å². The fourth-order valence-corrected chi connectivity index (χ4v) is 7.46. The number of anilines is 1. The first-order valence-corrected chi connectivity index (χ1v) is 16.3. The lowest BCUT2D eigenvalue weighted by Gasteiger charge is -2.34. The number of amides is 2. The van der Waals surface area contributed by atoms with Crippen LogP contribution in [0, 0.1) is 0 Å². The van der Waals surface area contributed by atoms with E-state index in [1.165, 1.54) is 24.8 Å². The number of fused-ring (bicyclic) bond motifs is 3. The molecule has 0 aromatic heterocycles. The second-order valence-corrected chi connectivity index (χ2v) is 12.7. The van der Waals surface area contributed by atoms with Crippen LogP contribution in [0.4, 0.5) is 5.69 Å². The Morgan fingerprint density at radius 1 is 0.818 bits per heavy atom. The minimum Gasteiger partial charge on any atom is -0.496 e. The molecule has 3 aliphatic rings. The zero-order chi connectivity index (χ0) is 30.5. The third-order valence-corrected chi connectivity index (χ3v) is 9.78. The van der Waals surface area contributed by atoms with Gasteiger partial charge in [-0.25, -0.2) is 0 Å². The molecule has 6 rings (SSSR count). The minimum atomic E-state index is 0.0269. The minimum absolute atomic E-state index is 0.0269. The Bertz CT molecular complexity index is 1440. The van der Waals surface area contributed by atoms with Crippen LogP contribution in [-0.2, 0) is 24.4 Å². The van der Waals surface area contributed by atoms with E-state index in [2.05, 4.69) is 46.2 Å². The molecule has 2 amide bonds. The molecule has 3 heterocycles. The van der Waals surface area contributed by atoms with Crippen LogP contribution in [0.3, 0.4) is 0 Å². The second-order valence-electron chi connectivity index (χ2n) is 12.7. The normalized spacial score (nSPS) is 21.4. The van der Waals surface area contributed by atoms with Crippen LogP contribution in [0.1, 0.15) is 72.5 Å². The lowest BCUT2D eigenvalue weighted by molar-refractivity contribution is -0.116. The SMILES string of the molecule is COc1ccc(C(=O)N2Cc3ccccc3N(C(C)=O)CC[C@@H]3CC[C@H](C2)N3Cc2ccccc2)cc1CN1CCCCC1. The molecule has 0 radical (unpaired) electrons. The fourth-order valence-electron chi connectivity index (χ4n) is 7.46. The molecule has 3 aliphatic heterocycles. The fraction of sp³-hybridized carbons (Fsp3) is 0.459. The van der Waals surface area contributed by atoms with E-state index in [0.717, 1.165) is 68.0 Å². The summed E-state index contributed by atoms with van der Waals surface area (Å²) in [4.78, 5) is 36.5. The first-order valence-electron chi connectivity index (χ1n) is 16.3. The van der Waals surface area contributed by atoms with Crippen molar-refractivity contribution in [2.24, 2.45) is 0 Å². The summed E-state index contributed by atoms with van der Waals surface area (Å²) >= 11 is 0. The van der Waals surface area contributed by atoms with Gasteiger partial charge in [-0.3, -0.25) is 19.4 Å². The molecule has 3 aromatic rings. The summed E-state index contributed by atoms with van der Waals surface area (Å²) in [6.07, 6.45) is 6.72. The van der Waals surface area contributed by atoms with E-state index in [0.29, 0.717) is 31.2 Å². The second kappa shape index (κ2) is 14.0. The van der Waals surface area contributed by atoms with Gasteiger partial charge in [0.15, 0.2) is 0 Å². The Labute approximate surface area is 262 Å². The lowest BCUT2D eigenvalue weighted by Crippen LogP contribution is -2.45. The van der Waals surface area contributed by atoms with Gasteiger partial charge in [-0.2, -0.15) is 0 Å². The molecule has 7 heteroatoms.